The van der Waals surface area contributed by atoms with E-state index in [-0.39, 0.29) is 11.6 Å². The summed E-state index contributed by atoms with van der Waals surface area (Å²) in [5.41, 5.74) is 5.91. The molecule has 5 nitrogen and oxygen atoms in total. The highest BCUT2D eigenvalue weighted by Gasteiger charge is 2.27. The summed E-state index contributed by atoms with van der Waals surface area (Å²) in [6.07, 6.45) is 4.43. The third-order valence-electron chi connectivity index (χ3n) is 3.49. The van der Waals surface area contributed by atoms with Gasteiger partial charge in [0.15, 0.2) is 0 Å². The number of piperidine rings is 1. The molecule has 0 bridgehead atoms. The van der Waals surface area contributed by atoms with Crippen molar-refractivity contribution in [1.82, 2.24) is 9.97 Å². The summed E-state index contributed by atoms with van der Waals surface area (Å²) in [4.78, 5) is 21.2. The number of rotatable bonds is 2. The first-order valence-electron chi connectivity index (χ1n) is 6.34. The Morgan fingerprint density at radius 1 is 1.41 bits per heavy atom. The second-order valence-electron chi connectivity index (χ2n) is 5.11. The summed E-state index contributed by atoms with van der Waals surface area (Å²) in [5.74, 6) is 2.12. The minimum absolute atomic E-state index is 0.0453. The summed E-state index contributed by atoms with van der Waals surface area (Å²) in [5, 5.41) is 0. The van der Waals surface area contributed by atoms with Crippen LogP contribution in [-0.2, 0) is 0 Å². The third kappa shape index (κ3) is 2.34. The Labute approximate surface area is 100 Å². The van der Waals surface area contributed by atoms with E-state index in [1.807, 2.05) is 0 Å². The van der Waals surface area contributed by atoms with E-state index in [0.29, 0.717) is 5.92 Å². The lowest BCUT2D eigenvalue weighted by Crippen LogP contribution is -2.43. The van der Waals surface area contributed by atoms with Gasteiger partial charge in [-0.3, -0.25) is 4.79 Å². The van der Waals surface area contributed by atoms with Crippen LogP contribution < -0.4 is 16.2 Å². The molecule has 17 heavy (non-hydrogen) atoms. The van der Waals surface area contributed by atoms with Crippen molar-refractivity contribution in [2.75, 3.05) is 18.0 Å². The van der Waals surface area contributed by atoms with Gasteiger partial charge in [0, 0.05) is 31.1 Å². The molecular weight excluding hydrogens is 216 g/mol. The van der Waals surface area contributed by atoms with Crippen molar-refractivity contribution in [2.24, 2.45) is 5.73 Å². The van der Waals surface area contributed by atoms with Gasteiger partial charge in [-0.1, -0.05) is 0 Å². The lowest BCUT2D eigenvalue weighted by Gasteiger charge is -2.31. The van der Waals surface area contributed by atoms with Crippen LogP contribution in [0, 0.1) is 0 Å². The van der Waals surface area contributed by atoms with E-state index in [1.54, 1.807) is 6.07 Å². The minimum atomic E-state index is -0.0453. The van der Waals surface area contributed by atoms with Crippen LogP contribution in [-0.4, -0.2) is 29.1 Å². The van der Waals surface area contributed by atoms with E-state index in [1.165, 1.54) is 0 Å². The molecule has 0 radical (unpaired) electrons. The second kappa shape index (κ2) is 4.14. The molecule has 2 fully saturated rings. The maximum atomic E-state index is 11.6. The number of nitrogens with zero attached hydrogens (tertiary/aromatic N) is 2. The molecule has 0 spiro atoms. The van der Waals surface area contributed by atoms with Gasteiger partial charge in [0.25, 0.3) is 5.56 Å². The van der Waals surface area contributed by atoms with Crippen LogP contribution in [0.25, 0.3) is 0 Å². The number of aromatic amines is 1. The Balaban J connectivity index is 1.88. The predicted octanol–water partition coefficient (Wildman–Crippen LogP) is 0.575. The highest BCUT2D eigenvalue weighted by molar-refractivity contribution is 5.39. The average molecular weight is 234 g/mol. The van der Waals surface area contributed by atoms with Crippen molar-refractivity contribution in [3.05, 3.63) is 22.2 Å². The summed E-state index contributed by atoms with van der Waals surface area (Å²) >= 11 is 0. The van der Waals surface area contributed by atoms with Gasteiger partial charge in [0.1, 0.15) is 11.6 Å². The van der Waals surface area contributed by atoms with E-state index >= 15 is 0 Å². The van der Waals surface area contributed by atoms with Crippen molar-refractivity contribution < 1.29 is 0 Å². The molecule has 1 atom stereocenters. The standard InChI is InChI=1S/C12H18N4O/c13-9-2-1-5-16(7-9)10-6-11(17)15-12(14-10)8-3-4-8/h6,8-9H,1-5,7,13H2,(H,14,15,17)/t9-/m1/s1. The Kier molecular flexibility index (Phi) is 2.63. The monoisotopic (exact) mass is 234 g/mol. The highest BCUT2D eigenvalue weighted by atomic mass is 16.1. The van der Waals surface area contributed by atoms with Crippen LogP contribution in [0.15, 0.2) is 10.9 Å². The zero-order valence-corrected chi connectivity index (χ0v) is 9.85. The number of hydrogen-bond donors (Lipinski definition) is 2. The summed E-state index contributed by atoms with van der Waals surface area (Å²) in [6, 6.07) is 1.79. The first-order valence-corrected chi connectivity index (χ1v) is 6.34. The highest BCUT2D eigenvalue weighted by Crippen LogP contribution is 2.38. The zero-order chi connectivity index (χ0) is 11.8. The fraction of sp³-hybridized carbons (Fsp3) is 0.667. The average Bonchev–Trinajstić information content (AvgIpc) is 3.12. The van der Waals surface area contributed by atoms with Crippen LogP contribution in [0.1, 0.15) is 37.4 Å². The van der Waals surface area contributed by atoms with E-state index in [9.17, 15) is 4.79 Å². The Morgan fingerprint density at radius 3 is 2.94 bits per heavy atom. The van der Waals surface area contributed by atoms with Crippen LogP contribution in [0.4, 0.5) is 5.82 Å². The fourth-order valence-corrected chi connectivity index (χ4v) is 2.39. The zero-order valence-electron chi connectivity index (χ0n) is 9.85. The van der Waals surface area contributed by atoms with Gasteiger partial charge in [0.2, 0.25) is 0 Å². The van der Waals surface area contributed by atoms with Crippen LogP contribution in [0.3, 0.4) is 0 Å². The minimum Gasteiger partial charge on any atom is -0.355 e. The van der Waals surface area contributed by atoms with Gasteiger partial charge >= 0.3 is 0 Å². The fourth-order valence-electron chi connectivity index (χ4n) is 2.39. The van der Waals surface area contributed by atoms with Gasteiger partial charge in [0.05, 0.1) is 0 Å². The molecule has 1 aliphatic heterocycles. The van der Waals surface area contributed by atoms with Gasteiger partial charge in [-0.05, 0) is 25.7 Å². The topological polar surface area (TPSA) is 75.0 Å². The molecule has 1 saturated heterocycles. The van der Waals surface area contributed by atoms with E-state index < -0.39 is 0 Å². The van der Waals surface area contributed by atoms with Crippen LogP contribution >= 0.6 is 0 Å². The molecule has 5 heteroatoms. The molecule has 0 unspecified atom stereocenters. The first-order chi connectivity index (χ1) is 8.22. The lowest BCUT2D eigenvalue weighted by atomic mass is 10.1. The molecule has 2 heterocycles. The molecular formula is C12H18N4O. The Hall–Kier alpha value is -1.36. The van der Waals surface area contributed by atoms with Crippen molar-refractivity contribution in [3.63, 3.8) is 0 Å². The lowest BCUT2D eigenvalue weighted by molar-refractivity contribution is 0.502. The predicted molar refractivity (Wildman–Crippen MR) is 66.3 cm³/mol. The molecule has 92 valence electrons. The van der Waals surface area contributed by atoms with Crippen molar-refractivity contribution in [2.45, 2.75) is 37.6 Å². The molecule has 1 aliphatic carbocycles. The molecule has 3 N–H and O–H groups in total. The maximum absolute atomic E-state index is 11.6. The first kappa shape index (κ1) is 10.8. The molecule has 1 saturated carbocycles. The van der Waals surface area contributed by atoms with Crippen LogP contribution in [0.5, 0.6) is 0 Å². The second-order valence-corrected chi connectivity index (χ2v) is 5.11. The van der Waals surface area contributed by atoms with Crippen molar-refractivity contribution in [1.29, 1.82) is 0 Å². The van der Waals surface area contributed by atoms with E-state index in [0.717, 1.165) is 50.4 Å². The molecule has 0 aromatic carbocycles. The molecule has 2 aliphatic rings. The maximum Gasteiger partial charge on any atom is 0.252 e. The number of anilines is 1. The summed E-state index contributed by atoms with van der Waals surface area (Å²) < 4.78 is 0. The van der Waals surface area contributed by atoms with Crippen molar-refractivity contribution in [3.8, 4) is 0 Å². The largest absolute Gasteiger partial charge is 0.355 e. The quantitative estimate of drug-likeness (QED) is 0.784. The molecule has 1 aromatic heterocycles. The number of aromatic nitrogens is 2. The van der Waals surface area contributed by atoms with Gasteiger partial charge in [-0.15, -0.1) is 0 Å². The number of H-pyrrole nitrogens is 1. The van der Waals surface area contributed by atoms with Gasteiger partial charge in [-0.25, -0.2) is 4.98 Å². The van der Waals surface area contributed by atoms with Gasteiger partial charge in [-0.2, -0.15) is 0 Å². The van der Waals surface area contributed by atoms with Crippen molar-refractivity contribution >= 4 is 5.82 Å². The number of nitrogens with two attached hydrogens (primary N) is 1. The van der Waals surface area contributed by atoms with E-state index in [4.69, 9.17) is 5.73 Å². The Morgan fingerprint density at radius 2 is 2.24 bits per heavy atom. The van der Waals surface area contributed by atoms with Crippen LogP contribution in [0.2, 0.25) is 0 Å². The number of nitrogens with one attached hydrogen (secondary N) is 1. The smallest absolute Gasteiger partial charge is 0.252 e. The SMILES string of the molecule is N[C@@H]1CCCN(c2cc(=O)[nH]c(C3CC3)n2)C1. The van der Waals surface area contributed by atoms with Gasteiger partial charge < -0.3 is 15.6 Å². The number of hydrogen-bond acceptors (Lipinski definition) is 4. The molecule has 1 aromatic rings. The Bertz CT molecular complexity index is 466. The summed E-state index contributed by atoms with van der Waals surface area (Å²) in [7, 11) is 0. The summed E-state index contributed by atoms with van der Waals surface area (Å²) in [6.45, 7) is 1.76. The van der Waals surface area contributed by atoms with E-state index in [2.05, 4.69) is 14.9 Å². The third-order valence-corrected chi connectivity index (χ3v) is 3.49. The molecule has 0 amide bonds. The normalized spacial score (nSPS) is 25.0. The molecule has 3 rings (SSSR count).